The lowest BCUT2D eigenvalue weighted by Gasteiger charge is -2.04. The number of anilines is 2. The molecule has 3 heterocycles. The number of hydrogen-bond acceptors (Lipinski definition) is 7. The van der Waals surface area contributed by atoms with Crippen LogP contribution in [0.15, 0.2) is 16.9 Å². The maximum absolute atomic E-state index is 5.60. The number of imidazole rings is 1. The fourth-order valence-electron chi connectivity index (χ4n) is 1.62. The summed E-state index contributed by atoms with van der Waals surface area (Å²) in [5.74, 6) is 2.09. The van der Waals surface area contributed by atoms with Crippen molar-refractivity contribution in [1.82, 2.24) is 24.9 Å². The Balaban J connectivity index is 1.87. The number of fused-ring (bicyclic) bond motifs is 1. The van der Waals surface area contributed by atoms with Crippen LogP contribution in [0.25, 0.3) is 11.2 Å². The molecule has 3 rings (SSSR count). The second-order valence-electron chi connectivity index (χ2n) is 3.75. The molecule has 0 amide bonds. The first-order valence-corrected chi connectivity index (χ1v) is 5.34. The zero-order valence-electron chi connectivity index (χ0n) is 9.64. The number of nitrogens with two attached hydrogens (primary N) is 1. The number of aromatic amines is 1. The minimum atomic E-state index is 0.167. The molecule has 8 heteroatoms. The number of hydrogen-bond donors (Lipinski definition) is 3. The fraction of sp³-hybridized carbons (Fsp3) is 0.200. The third-order valence-corrected chi connectivity index (χ3v) is 2.38. The molecule has 0 atom stereocenters. The molecule has 4 N–H and O–H groups in total. The van der Waals surface area contributed by atoms with Crippen molar-refractivity contribution in [2.45, 2.75) is 13.5 Å². The monoisotopic (exact) mass is 245 g/mol. The molecule has 3 aromatic rings. The van der Waals surface area contributed by atoms with Crippen molar-refractivity contribution < 1.29 is 4.42 Å². The van der Waals surface area contributed by atoms with Gasteiger partial charge < -0.3 is 20.5 Å². The SMILES string of the molecule is Cc1cnc(CNc2nc(N)nc3nc[nH]c23)o1. The zero-order chi connectivity index (χ0) is 12.5. The molecule has 0 bridgehead atoms. The molecule has 0 fully saturated rings. The van der Waals surface area contributed by atoms with Crippen molar-refractivity contribution in [3.63, 3.8) is 0 Å². The van der Waals surface area contributed by atoms with Crippen molar-refractivity contribution in [2.24, 2.45) is 0 Å². The minimum absolute atomic E-state index is 0.167. The number of rotatable bonds is 3. The number of nitrogen functional groups attached to an aromatic ring is 1. The second-order valence-corrected chi connectivity index (χ2v) is 3.75. The molecular formula is C10H11N7O. The third-order valence-electron chi connectivity index (χ3n) is 2.38. The number of oxazole rings is 1. The van der Waals surface area contributed by atoms with Gasteiger partial charge in [0.1, 0.15) is 11.3 Å². The van der Waals surface area contributed by atoms with E-state index in [1.807, 2.05) is 6.92 Å². The standard InChI is InChI=1S/C10H11N7O/c1-5-2-12-6(18-5)3-13-8-7-9(15-4-14-7)17-10(11)16-8/h2,4H,3H2,1H3,(H4,11,13,14,15,16,17). The van der Waals surface area contributed by atoms with Crippen molar-refractivity contribution in [3.05, 3.63) is 24.2 Å². The second kappa shape index (κ2) is 3.99. The van der Waals surface area contributed by atoms with Crippen LogP contribution in [0.5, 0.6) is 0 Å². The average Bonchev–Trinajstić information content (AvgIpc) is 2.94. The molecule has 0 spiro atoms. The quantitative estimate of drug-likeness (QED) is 0.625. The van der Waals surface area contributed by atoms with Gasteiger partial charge in [-0.1, -0.05) is 0 Å². The first kappa shape index (κ1) is 10.5. The maximum Gasteiger partial charge on any atom is 0.224 e. The Morgan fingerprint density at radius 2 is 2.28 bits per heavy atom. The Hall–Kier alpha value is -2.64. The van der Waals surface area contributed by atoms with Crippen LogP contribution in [0.1, 0.15) is 11.7 Å². The highest BCUT2D eigenvalue weighted by atomic mass is 16.4. The van der Waals surface area contributed by atoms with Gasteiger partial charge in [-0.25, -0.2) is 9.97 Å². The lowest BCUT2D eigenvalue weighted by molar-refractivity contribution is 0.479. The summed E-state index contributed by atoms with van der Waals surface area (Å²) in [6.45, 7) is 2.25. The van der Waals surface area contributed by atoms with Crippen LogP contribution in [0.4, 0.5) is 11.8 Å². The predicted octanol–water partition coefficient (Wildman–Crippen LogP) is 0.844. The lowest BCUT2D eigenvalue weighted by Crippen LogP contribution is -2.05. The highest BCUT2D eigenvalue weighted by Gasteiger charge is 2.09. The van der Waals surface area contributed by atoms with Gasteiger partial charge >= 0.3 is 0 Å². The molecule has 3 aromatic heterocycles. The van der Waals surface area contributed by atoms with E-state index in [1.165, 1.54) is 0 Å². The van der Waals surface area contributed by atoms with Gasteiger partial charge in [0.25, 0.3) is 0 Å². The van der Waals surface area contributed by atoms with Gasteiger partial charge in [-0.2, -0.15) is 9.97 Å². The highest BCUT2D eigenvalue weighted by molar-refractivity contribution is 5.83. The Kier molecular flexibility index (Phi) is 2.33. The van der Waals surface area contributed by atoms with Crippen LogP contribution in [0.3, 0.4) is 0 Å². The molecule has 0 radical (unpaired) electrons. The van der Waals surface area contributed by atoms with Crippen LogP contribution >= 0.6 is 0 Å². The van der Waals surface area contributed by atoms with Crippen molar-refractivity contribution in [3.8, 4) is 0 Å². The number of nitrogens with one attached hydrogen (secondary N) is 2. The predicted molar refractivity (Wildman–Crippen MR) is 64.7 cm³/mol. The van der Waals surface area contributed by atoms with E-state index in [2.05, 4.69) is 30.2 Å². The number of aromatic nitrogens is 5. The Morgan fingerprint density at radius 1 is 1.39 bits per heavy atom. The zero-order valence-corrected chi connectivity index (χ0v) is 9.64. The molecule has 92 valence electrons. The van der Waals surface area contributed by atoms with E-state index in [9.17, 15) is 0 Å². The summed E-state index contributed by atoms with van der Waals surface area (Å²) in [6, 6.07) is 0. The molecule has 0 aromatic carbocycles. The molecule has 0 unspecified atom stereocenters. The first-order chi connectivity index (χ1) is 8.72. The van der Waals surface area contributed by atoms with Crippen LogP contribution in [0, 0.1) is 6.92 Å². The van der Waals surface area contributed by atoms with Crippen LogP contribution in [0.2, 0.25) is 0 Å². The normalized spacial score (nSPS) is 10.9. The smallest absolute Gasteiger partial charge is 0.224 e. The number of aryl methyl sites for hydroxylation is 1. The third kappa shape index (κ3) is 1.83. The van der Waals surface area contributed by atoms with E-state index in [1.54, 1.807) is 12.5 Å². The Labute approximate surface area is 102 Å². The fourth-order valence-corrected chi connectivity index (χ4v) is 1.62. The largest absolute Gasteiger partial charge is 0.444 e. The molecule has 8 nitrogen and oxygen atoms in total. The van der Waals surface area contributed by atoms with Gasteiger partial charge in [0.15, 0.2) is 11.5 Å². The van der Waals surface area contributed by atoms with Gasteiger partial charge in [0, 0.05) is 0 Å². The summed E-state index contributed by atoms with van der Waals surface area (Å²) in [6.07, 6.45) is 3.20. The molecule has 0 aliphatic heterocycles. The highest BCUT2D eigenvalue weighted by Crippen LogP contribution is 2.17. The van der Waals surface area contributed by atoms with Gasteiger partial charge in [0.2, 0.25) is 11.8 Å². The molecule has 0 saturated heterocycles. The van der Waals surface area contributed by atoms with E-state index in [0.717, 1.165) is 5.76 Å². The summed E-state index contributed by atoms with van der Waals surface area (Å²) in [5.41, 5.74) is 6.82. The van der Waals surface area contributed by atoms with Gasteiger partial charge in [0.05, 0.1) is 19.1 Å². The van der Waals surface area contributed by atoms with Gasteiger partial charge in [-0.05, 0) is 6.92 Å². The van der Waals surface area contributed by atoms with Gasteiger partial charge in [-0.15, -0.1) is 0 Å². The molecule has 18 heavy (non-hydrogen) atoms. The van der Waals surface area contributed by atoms with Crippen molar-refractivity contribution in [2.75, 3.05) is 11.1 Å². The lowest BCUT2D eigenvalue weighted by atomic mass is 10.4. The summed E-state index contributed by atoms with van der Waals surface area (Å²) < 4.78 is 5.35. The van der Waals surface area contributed by atoms with E-state index in [0.29, 0.717) is 29.4 Å². The summed E-state index contributed by atoms with van der Waals surface area (Å²) in [5, 5.41) is 3.09. The van der Waals surface area contributed by atoms with Crippen LogP contribution in [-0.4, -0.2) is 24.9 Å². The summed E-state index contributed by atoms with van der Waals surface area (Å²) in [7, 11) is 0. The number of H-pyrrole nitrogens is 1. The van der Waals surface area contributed by atoms with E-state index < -0.39 is 0 Å². The molecule has 0 aliphatic rings. The minimum Gasteiger partial charge on any atom is -0.444 e. The summed E-state index contributed by atoms with van der Waals surface area (Å²) >= 11 is 0. The van der Waals surface area contributed by atoms with Crippen LogP contribution < -0.4 is 11.1 Å². The van der Waals surface area contributed by atoms with Gasteiger partial charge in [-0.3, -0.25) is 0 Å². The van der Waals surface area contributed by atoms with E-state index in [4.69, 9.17) is 10.2 Å². The maximum atomic E-state index is 5.60. The molecule has 0 saturated carbocycles. The van der Waals surface area contributed by atoms with Crippen molar-refractivity contribution in [1.29, 1.82) is 0 Å². The van der Waals surface area contributed by atoms with E-state index in [-0.39, 0.29) is 5.95 Å². The summed E-state index contributed by atoms with van der Waals surface area (Å²) in [4.78, 5) is 19.2. The average molecular weight is 245 g/mol. The van der Waals surface area contributed by atoms with Crippen LogP contribution in [-0.2, 0) is 6.54 Å². The molecular weight excluding hydrogens is 234 g/mol. The van der Waals surface area contributed by atoms with Crippen molar-refractivity contribution >= 4 is 22.9 Å². The van der Waals surface area contributed by atoms with E-state index >= 15 is 0 Å². The molecule has 0 aliphatic carbocycles. The number of nitrogens with zero attached hydrogens (tertiary/aromatic N) is 4. The Morgan fingerprint density at radius 3 is 3.06 bits per heavy atom. The Bertz CT molecular complexity index is 686. The topological polar surface area (TPSA) is 119 Å². The first-order valence-electron chi connectivity index (χ1n) is 5.34.